The van der Waals surface area contributed by atoms with Crippen LogP contribution >= 0.6 is 11.6 Å². The third-order valence-electron chi connectivity index (χ3n) is 3.94. The van der Waals surface area contributed by atoms with Gasteiger partial charge in [-0.2, -0.15) is 5.10 Å². The highest BCUT2D eigenvalue weighted by molar-refractivity contribution is 6.32. The van der Waals surface area contributed by atoms with Gasteiger partial charge in [-0.05, 0) is 40.5 Å². The van der Waals surface area contributed by atoms with Gasteiger partial charge in [-0.3, -0.25) is 4.79 Å². The molecule has 1 fully saturated rings. The Bertz CT molecular complexity index is 531. The van der Waals surface area contributed by atoms with Gasteiger partial charge in [-0.1, -0.05) is 11.6 Å². The molecule has 1 N–H and O–H groups in total. The number of halogens is 1. The highest BCUT2D eigenvalue weighted by Gasteiger charge is 2.21. The zero-order chi connectivity index (χ0) is 15.4. The highest BCUT2D eigenvalue weighted by Crippen LogP contribution is 2.18. The van der Waals surface area contributed by atoms with Gasteiger partial charge < -0.3 is 15.1 Å². The van der Waals surface area contributed by atoms with Crippen molar-refractivity contribution in [2.75, 3.05) is 46.1 Å². The Morgan fingerprint density at radius 2 is 2.29 bits per heavy atom. The maximum absolute atomic E-state index is 12.2. The number of aromatic nitrogens is 2. The van der Waals surface area contributed by atoms with E-state index >= 15 is 0 Å². The Kier molecular flexibility index (Phi) is 5.61. The molecule has 2 rings (SSSR count). The van der Waals surface area contributed by atoms with E-state index in [-0.39, 0.29) is 10.6 Å². The lowest BCUT2D eigenvalue weighted by atomic mass is 10.2. The Labute approximate surface area is 130 Å². The molecule has 118 valence electrons. The van der Waals surface area contributed by atoms with E-state index in [1.54, 1.807) is 6.20 Å². The summed E-state index contributed by atoms with van der Waals surface area (Å²) in [5.41, 5.74) is 0.395. The zero-order valence-corrected chi connectivity index (χ0v) is 13.7. The molecule has 1 atom stereocenters. The number of rotatable bonds is 6. The molecule has 0 saturated carbocycles. The smallest absolute Gasteiger partial charge is 0.287 e. The molecule has 0 bridgehead atoms. The monoisotopic (exact) mass is 313 g/mol. The fourth-order valence-corrected chi connectivity index (χ4v) is 2.72. The van der Waals surface area contributed by atoms with Gasteiger partial charge in [-0.15, -0.1) is 0 Å². The van der Waals surface area contributed by atoms with Crippen LogP contribution in [0.5, 0.6) is 0 Å². The van der Waals surface area contributed by atoms with E-state index in [2.05, 4.69) is 22.4 Å². The van der Waals surface area contributed by atoms with Gasteiger partial charge in [0.1, 0.15) is 5.02 Å². The molecule has 2 heterocycles. The van der Waals surface area contributed by atoms with Crippen LogP contribution in [-0.2, 0) is 6.54 Å². The van der Waals surface area contributed by atoms with Crippen LogP contribution in [0, 0.1) is 0 Å². The second-order valence-corrected chi connectivity index (χ2v) is 6.24. The van der Waals surface area contributed by atoms with Gasteiger partial charge in [0.2, 0.25) is 0 Å². The van der Waals surface area contributed by atoms with Crippen molar-refractivity contribution in [3.05, 3.63) is 21.6 Å². The fraction of sp³-hybridized carbons (Fsp3) is 0.714. The normalized spacial score (nSPS) is 19.4. The zero-order valence-electron chi connectivity index (χ0n) is 13.0. The van der Waals surface area contributed by atoms with Gasteiger partial charge in [0, 0.05) is 19.1 Å². The molecule has 0 radical (unpaired) electrons. The Balaban J connectivity index is 2.01. The predicted molar refractivity (Wildman–Crippen MR) is 86.2 cm³/mol. The molecular formula is C14H24ClN5O. The summed E-state index contributed by atoms with van der Waals surface area (Å²) in [4.78, 5) is 16.5. The molecule has 1 unspecified atom stereocenters. The van der Waals surface area contributed by atoms with Crippen LogP contribution in [0.4, 0.5) is 5.69 Å². The van der Waals surface area contributed by atoms with E-state index in [1.165, 1.54) is 17.5 Å². The molecule has 0 amide bonds. The minimum absolute atomic E-state index is 0.226. The summed E-state index contributed by atoms with van der Waals surface area (Å²) in [7, 11) is 6.04. The first-order chi connectivity index (χ1) is 9.99. The van der Waals surface area contributed by atoms with Crippen LogP contribution in [0.15, 0.2) is 11.0 Å². The first kappa shape index (κ1) is 16.3. The van der Waals surface area contributed by atoms with Crippen molar-refractivity contribution in [2.24, 2.45) is 0 Å². The largest absolute Gasteiger partial charge is 0.381 e. The number of likely N-dealkylation sites (N-methyl/N-ethyl adjacent to an activating group) is 2. The van der Waals surface area contributed by atoms with Gasteiger partial charge in [0.05, 0.1) is 18.4 Å². The summed E-state index contributed by atoms with van der Waals surface area (Å²) in [5, 5.41) is 7.68. The van der Waals surface area contributed by atoms with E-state index in [1.807, 2.05) is 19.0 Å². The third-order valence-corrected chi connectivity index (χ3v) is 4.31. The lowest BCUT2D eigenvalue weighted by Gasteiger charge is -2.20. The molecule has 1 aliphatic heterocycles. The Morgan fingerprint density at radius 1 is 1.52 bits per heavy atom. The van der Waals surface area contributed by atoms with Crippen molar-refractivity contribution < 1.29 is 0 Å². The molecule has 0 aliphatic carbocycles. The van der Waals surface area contributed by atoms with Crippen molar-refractivity contribution in [3.63, 3.8) is 0 Å². The summed E-state index contributed by atoms with van der Waals surface area (Å²) in [5.74, 6) is 0. The van der Waals surface area contributed by atoms with Gasteiger partial charge >= 0.3 is 0 Å². The number of likely N-dealkylation sites (tertiary alicyclic amines) is 1. The van der Waals surface area contributed by atoms with Crippen LogP contribution in [0.25, 0.3) is 0 Å². The average molecular weight is 314 g/mol. The minimum Gasteiger partial charge on any atom is -0.381 e. The summed E-state index contributed by atoms with van der Waals surface area (Å²) < 4.78 is 1.41. The van der Waals surface area contributed by atoms with Crippen LogP contribution in [0.1, 0.15) is 12.8 Å². The van der Waals surface area contributed by atoms with Crippen molar-refractivity contribution in [2.45, 2.75) is 25.4 Å². The van der Waals surface area contributed by atoms with E-state index in [9.17, 15) is 4.79 Å². The van der Waals surface area contributed by atoms with Crippen LogP contribution in [0.3, 0.4) is 0 Å². The molecule has 1 aliphatic rings. The Hall–Kier alpha value is -1.11. The topological polar surface area (TPSA) is 53.4 Å². The number of hydrogen-bond acceptors (Lipinski definition) is 5. The summed E-state index contributed by atoms with van der Waals surface area (Å²) >= 11 is 6.17. The number of nitrogens with one attached hydrogen (secondary N) is 1. The standard InChI is InChI=1S/C14H24ClN5O/c1-18(2)7-8-20-14(21)13(15)12(10-17-20)16-9-11-5-4-6-19(11)3/h10-11,16H,4-9H2,1-3H3. The lowest BCUT2D eigenvalue weighted by Crippen LogP contribution is -2.33. The van der Waals surface area contributed by atoms with E-state index < -0.39 is 0 Å². The van der Waals surface area contributed by atoms with Gasteiger partial charge in [-0.25, -0.2) is 4.68 Å². The molecule has 0 aromatic carbocycles. The molecule has 0 spiro atoms. The van der Waals surface area contributed by atoms with Crippen molar-refractivity contribution >= 4 is 17.3 Å². The quantitative estimate of drug-likeness (QED) is 0.848. The van der Waals surface area contributed by atoms with Crippen LogP contribution < -0.4 is 10.9 Å². The molecule has 7 heteroatoms. The average Bonchev–Trinajstić information content (AvgIpc) is 2.85. The maximum Gasteiger partial charge on any atom is 0.287 e. The summed E-state index contributed by atoms with van der Waals surface area (Å²) in [6.07, 6.45) is 4.05. The predicted octanol–water partition coefficient (Wildman–Crippen LogP) is 0.964. The maximum atomic E-state index is 12.2. The number of anilines is 1. The second-order valence-electron chi connectivity index (χ2n) is 5.86. The van der Waals surface area contributed by atoms with Gasteiger partial charge in [0.25, 0.3) is 5.56 Å². The lowest BCUT2D eigenvalue weighted by molar-refractivity contribution is 0.322. The van der Waals surface area contributed by atoms with E-state index in [0.29, 0.717) is 18.3 Å². The third kappa shape index (κ3) is 4.18. The molecule has 6 nitrogen and oxygen atoms in total. The van der Waals surface area contributed by atoms with Gasteiger partial charge in [0.15, 0.2) is 0 Å². The van der Waals surface area contributed by atoms with Crippen molar-refractivity contribution in [1.29, 1.82) is 0 Å². The molecule has 21 heavy (non-hydrogen) atoms. The van der Waals surface area contributed by atoms with E-state index in [4.69, 9.17) is 11.6 Å². The SMILES string of the molecule is CN(C)CCn1ncc(NCC2CCCN2C)c(Cl)c1=O. The first-order valence-corrected chi connectivity index (χ1v) is 7.71. The number of nitrogens with zero attached hydrogens (tertiary/aromatic N) is 4. The first-order valence-electron chi connectivity index (χ1n) is 7.33. The minimum atomic E-state index is -0.233. The summed E-state index contributed by atoms with van der Waals surface area (Å²) in [6.45, 7) is 3.21. The molecular weight excluding hydrogens is 290 g/mol. The van der Waals surface area contributed by atoms with Crippen molar-refractivity contribution in [1.82, 2.24) is 19.6 Å². The highest BCUT2D eigenvalue weighted by atomic mass is 35.5. The molecule has 1 saturated heterocycles. The fourth-order valence-electron chi connectivity index (χ4n) is 2.51. The van der Waals surface area contributed by atoms with Crippen LogP contribution in [-0.4, -0.2) is 66.4 Å². The number of hydrogen-bond donors (Lipinski definition) is 1. The molecule has 1 aromatic rings. The van der Waals surface area contributed by atoms with Crippen LogP contribution in [0.2, 0.25) is 5.02 Å². The second kappa shape index (κ2) is 7.24. The van der Waals surface area contributed by atoms with Crippen molar-refractivity contribution in [3.8, 4) is 0 Å². The summed E-state index contributed by atoms with van der Waals surface area (Å²) in [6, 6.07) is 0.497. The van der Waals surface area contributed by atoms with E-state index in [0.717, 1.165) is 19.6 Å². The Morgan fingerprint density at radius 3 is 2.90 bits per heavy atom. The molecule has 1 aromatic heterocycles.